The Bertz CT molecular complexity index is 855. The van der Waals surface area contributed by atoms with Gasteiger partial charge in [-0.05, 0) is 17.7 Å². The maximum atomic E-state index is 13.9. The summed E-state index contributed by atoms with van der Waals surface area (Å²) in [6.07, 6.45) is -6.45. The lowest BCUT2D eigenvalue weighted by Crippen LogP contribution is -2.35. The molecule has 0 aliphatic heterocycles. The maximum absolute atomic E-state index is 13.9. The van der Waals surface area contributed by atoms with Gasteiger partial charge in [-0.25, -0.2) is 9.18 Å². The molecule has 0 N–H and O–H groups in total. The molecular formula is C16H12F6N2O3. The van der Waals surface area contributed by atoms with E-state index in [0.717, 1.165) is 32.4 Å². The number of benzene rings is 1. The quantitative estimate of drug-likeness (QED) is 0.572. The van der Waals surface area contributed by atoms with Crippen LogP contribution in [0.4, 0.5) is 26.3 Å². The van der Waals surface area contributed by atoms with E-state index in [1.807, 2.05) is 0 Å². The smallest absolute Gasteiger partial charge is 0.458 e. The van der Waals surface area contributed by atoms with Crippen LogP contribution in [0.3, 0.4) is 0 Å². The first-order valence-corrected chi connectivity index (χ1v) is 7.23. The molecule has 1 heterocycles. The SMILES string of the molecule is COC(=O)c1cc(Cc2nnc(OC)cc2C(F)(F)C(F)(F)F)ccc1F. The number of halogens is 6. The van der Waals surface area contributed by atoms with Gasteiger partial charge >= 0.3 is 18.1 Å². The molecule has 0 atom stereocenters. The zero-order chi connectivity index (χ0) is 20.4. The van der Waals surface area contributed by atoms with Gasteiger partial charge in [0.05, 0.1) is 31.0 Å². The lowest BCUT2D eigenvalue weighted by Gasteiger charge is -2.22. The van der Waals surface area contributed by atoms with Gasteiger partial charge in [-0.2, -0.15) is 27.1 Å². The van der Waals surface area contributed by atoms with E-state index in [4.69, 9.17) is 0 Å². The van der Waals surface area contributed by atoms with Gasteiger partial charge in [0.25, 0.3) is 0 Å². The molecule has 0 unspecified atom stereocenters. The van der Waals surface area contributed by atoms with Crippen molar-refractivity contribution in [3.63, 3.8) is 0 Å². The van der Waals surface area contributed by atoms with Gasteiger partial charge in [-0.15, -0.1) is 5.10 Å². The Hall–Kier alpha value is -2.85. The first kappa shape index (κ1) is 20.5. The second kappa shape index (κ2) is 7.41. The fraction of sp³-hybridized carbons (Fsp3) is 0.312. The largest absolute Gasteiger partial charge is 0.480 e. The van der Waals surface area contributed by atoms with Gasteiger partial charge in [-0.1, -0.05) is 6.07 Å². The van der Waals surface area contributed by atoms with Crippen LogP contribution in [0.15, 0.2) is 24.3 Å². The first-order valence-electron chi connectivity index (χ1n) is 7.23. The van der Waals surface area contributed by atoms with Crippen LogP contribution in [-0.4, -0.2) is 36.6 Å². The van der Waals surface area contributed by atoms with E-state index in [1.54, 1.807) is 0 Å². The van der Waals surface area contributed by atoms with Crippen molar-refractivity contribution in [1.82, 2.24) is 10.2 Å². The van der Waals surface area contributed by atoms with Crippen molar-refractivity contribution in [2.45, 2.75) is 18.5 Å². The van der Waals surface area contributed by atoms with Gasteiger partial charge in [0.1, 0.15) is 5.82 Å². The molecule has 11 heteroatoms. The molecule has 0 saturated carbocycles. The predicted molar refractivity (Wildman–Crippen MR) is 79.1 cm³/mol. The third-order valence-corrected chi connectivity index (χ3v) is 3.56. The molecule has 1 aromatic heterocycles. The third-order valence-electron chi connectivity index (χ3n) is 3.56. The third kappa shape index (κ3) is 4.12. The van der Waals surface area contributed by atoms with Crippen molar-refractivity contribution in [2.75, 3.05) is 14.2 Å². The van der Waals surface area contributed by atoms with Crippen molar-refractivity contribution in [3.05, 3.63) is 52.5 Å². The summed E-state index contributed by atoms with van der Waals surface area (Å²) < 4.78 is 88.8. The Morgan fingerprint density at radius 2 is 1.74 bits per heavy atom. The Balaban J connectivity index is 2.53. The summed E-state index contributed by atoms with van der Waals surface area (Å²) in [5, 5.41) is 6.78. The Labute approximate surface area is 148 Å². The molecule has 0 spiro atoms. The summed E-state index contributed by atoms with van der Waals surface area (Å²) in [6, 6.07) is 3.38. The van der Waals surface area contributed by atoms with E-state index >= 15 is 0 Å². The molecule has 2 rings (SSSR count). The molecule has 0 aliphatic rings. The van der Waals surface area contributed by atoms with Crippen molar-refractivity contribution < 1.29 is 40.6 Å². The molecule has 0 amide bonds. The molecule has 0 radical (unpaired) electrons. The molecule has 0 aliphatic carbocycles. The molecule has 2 aromatic rings. The summed E-state index contributed by atoms with van der Waals surface area (Å²) in [5.41, 5.74) is -2.61. The summed E-state index contributed by atoms with van der Waals surface area (Å²) in [4.78, 5) is 11.5. The van der Waals surface area contributed by atoms with Crippen molar-refractivity contribution in [1.29, 1.82) is 0 Å². The maximum Gasteiger partial charge on any atom is 0.458 e. The highest BCUT2D eigenvalue weighted by Gasteiger charge is 2.60. The number of carbonyl (C=O) groups excluding carboxylic acids is 1. The van der Waals surface area contributed by atoms with Crippen LogP contribution in [0.5, 0.6) is 5.88 Å². The molecule has 0 bridgehead atoms. The standard InChI is InChI=1S/C16H12F6N2O3/c1-26-13-7-10(15(18,19)16(20,21)22)12(23-24-13)6-8-3-4-11(17)9(5-8)14(25)27-2/h3-5,7H,6H2,1-2H3. The molecular weight excluding hydrogens is 382 g/mol. The van der Waals surface area contributed by atoms with Crippen molar-refractivity contribution >= 4 is 5.97 Å². The second-order valence-corrected chi connectivity index (χ2v) is 5.30. The van der Waals surface area contributed by atoms with Crippen LogP contribution < -0.4 is 4.74 Å². The number of esters is 1. The number of carbonyl (C=O) groups is 1. The number of alkyl halides is 5. The van der Waals surface area contributed by atoms with Crippen LogP contribution in [0.2, 0.25) is 0 Å². The predicted octanol–water partition coefficient (Wildman–Crippen LogP) is 3.66. The normalized spacial score (nSPS) is 12.0. The number of nitrogens with zero attached hydrogens (tertiary/aromatic N) is 2. The highest BCUT2D eigenvalue weighted by Crippen LogP contribution is 2.45. The monoisotopic (exact) mass is 394 g/mol. The zero-order valence-corrected chi connectivity index (χ0v) is 13.9. The topological polar surface area (TPSA) is 61.3 Å². The average molecular weight is 394 g/mol. The minimum absolute atomic E-state index is 0.0514. The number of aromatic nitrogens is 2. The van der Waals surface area contributed by atoms with E-state index in [1.165, 1.54) is 0 Å². The van der Waals surface area contributed by atoms with E-state index in [-0.39, 0.29) is 5.56 Å². The van der Waals surface area contributed by atoms with Crippen molar-refractivity contribution in [2.24, 2.45) is 0 Å². The van der Waals surface area contributed by atoms with E-state index in [2.05, 4.69) is 19.7 Å². The van der Waals surface area contributed by atoms with Gasteiger partial charge < -0.3 is 9.47 Å². The summed E-state index contributed by atoms with van der Waals surface area (Å²) in [5.74, 6) is -7.73. The first-order chi connectivity index (χ1) is 12.5. The van der Waals surface area contributed by atoms with E-state index < -0.39 is 53.0 Å². The summed E-state index contributed by atoms with van der Waals surface area (Å²) in [6.45, 7) is 0. The Kier molecular flexibility index (Phi) is 5.62. The Morgan fingerprint density at radius 3 is 2.30 bits per heavy atom. The molecule has 1 aromatic carbocycles. The highest BCUT2D eigenvalue weighted by atomic mass is 19.4. The second-order valence-electron chi connectivity index (χ2n) is 5.30. The van der Waals surface area contributed by atoms with Crippen LogP contribution in [0.25, 0.3) is 0 Å². The van der Waals surface area contributed by atoms with Gasteiger partial charge in [-0.3, -0.25) is 0 Å². The van der Waals surface area contributed by atoms with E-state index in [0.29, 0.717) is 6.07 Å². The van der Waals surface area contributed by atoms with Crippen molar-refractivity contribution in [3.8, 4) is 5.88 Å². The van der Waals surface area contributed by atoms with Crippen LogP contribution in [0, 0.1) is 5.82 Å². The summed E-state index contributed by atoms with van der Waals surface area (Å²) in [7, 11) is 2.03. The lowest BCUT2D eigenvalue weighted by molar-refractivity contribution is -0.289. The fourth-order valence-corrected chi connectivity index (χ4v) is 2.20. The number of ether oxygens (including phenoxy) is 2. The highest BCUT2D eigenvalue weighted by molar-refractivity contribution is 5.89. The molecule has 0 saturated heterocycles. The average Bonchev–Trinajstić information content (AvgIpc) is 2.61. The molecule has 5 nitrogen and oxygen atoms in total. The molecule has 27 heavy (non-hydrogen) atoms. The molecule has 146 valence electrons. The fourth-order valence-electron chi connectivity index (χ4n) is 2.20. The van der Waals surface area contributed by atoms with Crippen LogP contribution in [-0.2, 0) is 17.1 Å². The van der Waals surface area contributed by atoms with Gasteiger partial charge in [0, 0.05) is 12.5 Å². The minimum atomic E-state index is -5.88. The minimum Gasteiger partial charge on any atom is -0.480 e. The number of rotatable bonds is 5. The molecule has 0 fully saturated rings. The summed E-state index contributed by atoms with van der Waals surface area (Å²) >= 11 is 0. The van der Waals surface area contributed by atoms with E-state index in [9.17, 15) is 31.1 Å². The Morgan fingerprint density at radius 1 is 1.07 bits per heavy atom. The zero-order valence-electron chi connectivity index (χ0n) is 13.9. The number of hydrogen-bond donors (Lipinski definition) is 0. The van der Waals surface area contributed by atoms with Crippen LogP contribution in [0.1, 0.15) is 27.2 Å². The van der Waals surface area contributed by atoms with Gasteiger partial charge in [0.2, 0.25) is 5.88 Å². The lowest BCUT2D eigenvalue weighted by atomic mass is 9.99. The van der Waals surface area contributed by atoms with Crippen LogP contribution >= 0.6 is 0 Å². The number of hydrogen-bond acceptors (Lipinski definition) is 5. The van der Waals surface area contributed by atoms with Gasteiger partial charge in [0.15, 0.2) is 0 Å². The number of methoxy groups -OCH3 is 2.